The van der Waals surface area contributed by atoms with E-state index in [0.29, 0.717) is 0 Å². The first-order valence-electron chi connectivity index (χ1n) is 4.89. The number of benzene rings is 1. The summed E-state index contributed by atoms with van der Waals surface area (Å²) in [5.41, 5.74) is 2.02. The van der Waals surface area contributed by atoms with Crippen LogP contribution in [0.2, 0.25) is 0 Å². The molecule has 1 saturated carbocycles. The van der Waals surface area contributed by atoms with Crippen LogP contribution in [0.1, 0.15) is 18.5 Å². The monoisotopic (exact) mass is 185 g/mol. The van der Waals surface area contributed by atoms with E-state index < -0.39 is 0 Å². The second-order valence-electron chi connectivity index (χ2n) is 4.04. The van der Waals surface area contributed by atoms with Gasteiger partial charge in [0.2, 0.25) is 0 Å². The molecule has 2 heteroatoms. The van der Waals surface area contributed by atoms with E-state index >= 15 is 0 Å². The molecule has 1 aliphatic carbocycles. The fraction of sp³-hybridized carbons (Fsp3) is 0.250. The van der Waals surface area contributed by atoms with Crippen molar-refractivity contribution < 1.29 is 4.79 Å². The van der Waals surface area contributed by atoms with Gasteiger partial charge < -0.3 is 9.78 Å². The summed E-state index contributed by atoms with van der Waals surface area (Å²) in [7, 11) is 0. The van der Waals surface area contributed by atoms with E-state index in [1.54, 1.807) is 0 Å². The van der Waals surface area contributed by atoms with Crippen molar-refractivity contribution in [1.82, 2.24) is 4.98 Å². The zero-order valence-electron chi connectivity index (χ0n) is 7.79. The smallest absolute Gasteiger partial charge is 0.132 e. The lowest BCUT2D eigenvalue weighted by Crippen LogP contribution is -2.07. The van der Waals surface area contributed by atoms with E-state index in [-0.39, 0.29) is 5.41 Å². The van der Waals surface area contributed by atoms with Gasteiger partial charge in [-0.3, -0.25) is 0 Å². The molecule has 2 nitrogen and oxygen atoms in total. The molecule has 14 heavy (non-hydrogen) atoms. The maximum absolute atomic E-state index is 10.9. The lowest BCUT2D eigenvalue weighted by Gasteiger charge is -2.01. The summed E-state index contributed by atoms with van der Waals surface area (Å²) >= 11 is 0. The standard InChI is InChI=1S/C12H11NO/c14-8-12(5-6-12)11-7-9-3-1-2-4-10(9)13-11/h1-4,7-8,13H,5-6H2. The molecule has 1 fully saturated rings. The van der Waals surface area contributed by atoms with E-state index in [1.165, 1.54) is 5.39 Å². The number of H-pyrrole nitrogens is 1. The van der Waals surface area contributed by atoms with Crippen LogP contribution in [0.5, 0.6) is 0 Å². The molecule has 0 saturated heterocycles. The molecule has 1 aromatic heterocycles. The number of para-hydroxylation sites is 1. The Labute approximate surface area is 81.9 Å². The third kappa shape index (κ3) is 0.939. The molecule has 3 rings (SSSR count). The van der Waals surface area contributed by atoms with Crippen LogP contribution in [-0.4, -0.2) is 11.3 Å². The Morgan fingerprint density at radius 3 is 2.71 bits per heavy atom. The first-order valence-corrected chi connectivity index (χ1v) is 4.89. The molecule has 0 aliphatic heterocycles. The van der Waals surface area contributed by atoms with Gasteiger partial charge in [0.15, 0.2) is 0 Å². The Hall–Kier alpha value is -1.57. The average Bonchev–Trinajstić information content (AvgIpc) is 2.91. The number of aldehydes is 1. The van der Waals surface area contributed by atoms with Crippen LogP contribution in [0.3, 0.4) is 0 Å². The number of carbonyl (C=O) groups excluding carboxylic acids is 1. The van der Waals surface area contributed by atoms with E-state index in [9.17, 15) is 4.79 Å². The molecule has 1 heterocycles. The highest BCUT2D eigenvalue weighted by Gasteiger charge is 2.45. The summed E-state index contributed by atoms with van der Waals surface area (Å²) in [5, 5.41) is 1.19. The molecule has 0 spiro atoms. The first-order chi connectivity index (χ1) is 6.84. The van der Waals surface area contributed by atoms with Crippen LogP contribution in [0.15, 0.2) is 30.3 Å². The van der Waals surface area contributed by atoms with Crippen LogP contribution < -0.4 is 0 Å². The predicted molar refractivity (Wildman–Crippen MR) is 55.3 cm³/mol. The fourth-order valence-electron chi connectivity index (χ4n) is 1.93. The molecule has 0 atom stereocenters. The second-order valence-corrected chi connectivity index (χ2v) is 4.04. The van der Waals surface area contributed by atoms with Crippen molar-refractivity contribution >= 4 is 17.2 Å². The van der Waals surface area contributed by atoms with Crippen molar-refractivity contribution in [1.29, 1.82) is 0 Å². The van der Waals surface area contributed by atoms with Gasteiger partial charge in [-0.05, 0) is 30.4 Å². The van der Waals surface area contributed by atoms with E-state index in [2.05, 4.69) is 17.1 Å². The summed E-state index contributed by atoms with van der Waals surface area (Å²) in [6.07, 6.45) is 3.06. The summed E-state index contributed by atoms with van der Waals surface area (Å²) in [6.45, 7) is 0. The van der Waals surface area contributed by atoms with E-state index in [0.717, 1.165) is 30.3 Å². The van der Waals surface area contributed by atoms with Crippen molar-refractivity contribution in [2.75, 3.05) is 0 Å². The number of hydrogen-bond acceptors (Lipinski definition) is 1. The van der Waals surface area contributed by atoms with Crippen LogP contribution >= 0.6 is 0 Å². The van der Waals surface area contributed by atoms with Crippen LogP contribution in [0.25, 0.3) is 10.9 Å². The summed E-state index contributed by atoms with van der Waals surface area (Å²) < 4.78 is 0. The molecule has 0 bridgehead atoms. The van der Waals surface area contributed by atoms with Gasteiger partial charge in [-0.25, -0.2) is 0 Å². The molecule has 70 valence electrons. The highest BCUT2D eigenvalue weighted by Crippen LogP contribution is 2.46. The van der Waals surface area contributed by atoms with Crippen LogP contribution in [0.4, 0.5) is 0 Å². The van der Waals surface area contributed by atoms with Gasteiger partial charge in [-0.2, -0.15) is 0 Å². The van der Waals surface area contributed by atoms with Crippen molar-refractivity contribution in [3.63, 3.8) is 0 Å². The first kappa shape index (κ1) is 7.80. The van der Waals surface area contributed by atoms with Gasteiger partial charge in [0.1, 0.15) is 6.29 Å². The maximum Gasteiger partial charge on any atom is 0.132 e. The topological polar surface area (TPSA) is 32.9 Å². The minimum atomic E-state index is -0.182. The molecule has 1 aliphatic rings. The molecular weight excluding hydrogens is 174 g/mol. The largest absolute Gasteiger partial charge is 0.358 e. The van der Waals surface area contributed by atoms with Crippen molar-refractivity contribution in [3.8, 4) is 0 Å². The van der Waals surface area contributed by atoms with Gasteiger partial charge in [-0.15, -0.1) is 0 Å². The number of hydrogen-bond donors (Lipinski definition) is 1. The number of aromatic nitrogens is 1. The second kappa shape index (κ2) is 2.47. The van der Waals surface area contributed by atoms with Crippen molar-refractivity contribution in [3.05, 3.63) is 36.0 Å². The third-order valence-corrected chi connectivity index (χ3v) is 3.08. The Kier molecular flexibility index (Phi) is 1.38. The summed E-state index contributed by atoms with van der Waals surface area (Å²) in [6, 6.07) is 10.2. The number of carbonyl (C=O) groups is 1. The quantitative estimate of drug-likeness (QED) is 0.716. The fourth-order valence-corrected chi connectivity index (χ4v) is 1.93. The Bertz CT molecular complexity index is 461. The van der Waals surface area contributed by atoms with Crippen molar-refractivity contribution in [2.45, 2.75) is 18.3 Å². The average molecular weight is 185 g/mol. The third-order valence-electron chi connectivity index (χ3n) is 3.08. The highest BCUT2D eigenvalue weighted by atomic mass is 16.1. The minimum Gasteiger partial charge on any atom is -0.358 e. The van der Waals surface area contributed by atoms with Crippen molar-refractivity contribution in [2.24, 2.45) is 0 Å². The maximum atomic E-state index is 10.9. The number of rotatable bonds is 2. The molecule has 1 N–H and O–H groups in total. The molecular formula is C12H11NO. The van der Waals surface area contributed by atoms with Crippen LogP contribution in [0, 0.1) is 0 Å². The summed E-state index contributed by atoms with van der Waals surface area (Å²) in [5.74, 6) is 0. The highest BCUT2D eigenvalue weighted by molar-refractivity contribution is 5.83. The zero-order valence-corrected chi connectivity index (χ0v) is 7.79. The lowest BCUT2D eigenvalue weighted by molar-refractivity contribution is -0.109. The molecule has 1 aromatic carbocycles. The molecule has 0 unspecified atom stereocenters. The lowest BCUT2D eigenvalue weighted by atomic mass is 10.1. The van der Waals surface area contributed by atoms with Gasteiger partial charge in [-0.1, -0.05) is 18.2 Å². The minimum absolute atomic E-state index is 0.182. The number of aromatic amines is 1. The van der Waals surface area contributed by atoms with Gasteiger partial charge >= 0.3 is 0 Å². The van der Waals surface area contributed by atoms with Gasteiger partial charge in [0, 0.05) is 11.2 Å². The number of nitrogens with one attached hydrogen (secondary N) is 1. The molecule has 0 radical (unpaired) electrons. The predicted octanol–water partition coefficient (Wildman–Crippen LogP) is 2.40. The van der Waals surface area contributed by atoms with Crippen LogP contribution in [-0.2, 0) is 10.2 Å². The normalized spacial score (nSPS) is 18.3. The zero-order chi connectivity index (χ0) is 9.60. The Balaban J connectivity index is 2.19. The van der Waals surface area contributed by atoms with Gasteiger partial charge in [0.25, 0.3) is 0 Å². The van der Waals surface area contributed by atoms with E-state index in [1.807, 2.05) is 18.2 Å². The Morgan fingerprint density at radius 1 is 1.29 bits per heavy atom. The molecule has 2 aromatic rings. The van der Waals surface area contributed by atoms with Gasteiger partial charge in [0.05, 0.1) is 5.41 Å². The van der Waals surface area contributed by atoms with E-state index in [4.69, 9.17) is 0 Å². The Morgan fingerprint density at radius 2 is 2.07 bits per heavy atom. The number of fused-ring (bicyclic) bond motifs is 1. The SMILES string of the molecule is O=CC1(c2cc3ccccc3[nH]2)CC1. The molecule has 0 amide bonds. The summed E-state index contributed by atoms with van der Waals surface area (Å²) in [4.78, 5) is 14.3.